The summed E-state index contributed by atoms with van der Waals surface area (Å²) < 4.78 is 5.88. The van der Waals surface area contributed by atoms with Crippen LogP contribution < -0.4 is 5.73 Å². The van der Waals surface area contributed by atoms with Crippen LogP contribution in [0.1, 0.15) is 50.4 Å². The Kier molecular flexibility index (Phi) is 4.94. The molecule has 0 aliphatic rings. The quantitative estimate of drug-likeness (QED) is 0.882. The summed E-state index contributed by atoms with van der Waals surface area (Å²) in [7, 11) is 0. The maximum absolute atomic E-state index is 6.42. The molecule has 102 valence electrons. The smallest absolute Gasteiger partial charge is 0.0815 e. The maximum atomic E-state index is 6.42. The summed E-state index contributed by atoms with van der Waals surface area (Å²) in [5.74, 6) is 0. The van der Waals surface area contributed by atoms with Crippen LogP contribution in [0.5, 0.6) is 0 Å². The Hall–Kier alpha value is -0.860. The van der Waals surface area contributed by atoms with E-state index in [4.69, 9.17) is 10.5 Å². The third kappa shape index (κ3) is 3.82. The van der Waals surface area contributed by atoms with Crippen LogP contribution in [-0.4, -0.2) is 12.7 Å². The van der Waals surface area contributed by atoms with E-state index in [2.05, 4.69) is 52.8 Å². The van der Waals surface area contributed by atoms with Gasteiger partial charge in [0.05, 0.1) is 12.1 Å². The molecule has 18 heavy (non-hydrogen) atoms. The number of ether oxygens (including phenoxy) is 1. The van der Waals surface area contributed by atoms with E-state index in [1.807, 2.05) is 6.92 Å². The largest absolute Gasteiger partial charge is 0.376 e. The summed E-state index contributed by atoms with van der Waals surface area (Å²) in [6.07, 6.45) is 0.0312. The Bertz CT molecular complexity index is 372. The molecule has 0 aliphatic heterocycles. The molecule has 2 unspecified atom stereocenters. The van der Waals surface area contributed by atoms with E-state index in [1.165, 1.54) is 16.7 Å². The van der Waals surface area contributed by atoms with Crippen LogP contribution in [0.2, 0.25) is 0 Å². The van der Waals surface area contributed by atoms with Gasteiger partial charge >= 0.3 is 0 Å². The van der Waals surface area contributed by atoms with Crippen LogP contribution in [0.3, 0.4) is 0 Å². The van der Waals surface area contributed by atoms with Gasteiger partial charge in [0.2, 0.25) is 0 Å². The molecule has 0 saturated carbocycles. The summed E-state index contributed by atoms with van der Waals surface area (Å²) in [5.41, 5.74) is 10.1. The van der Waals surface area contributed by atoms with Gasteiger partial charge in [-0.1, -0.05) is 50.1 Å². The highest BCUT2D eigenvalue weighted by Crippen LogP contribution is 2.32. The van der Waals surface area contributed by atoms with Crippen LogP contribution in [0.4, 0.5) is 0 Å². The average molecular weight is 249 g/mol. The molecule has 0 amide bonds. The lowest BCUT2D eigenvalue weighted by Crippen LogP contribution is -2.39. The van der Waals surface area contributed by atoms with Crippen LogP contribution in [0.25, 0.3) is 0 Å². The van der Waals surface area contributed by atoms with Crippen molar-refractivity contribution in [1.29, 1.82) is 0 Å². The molecular weight excluding hydrogens is 222 g/mol. The SMILES string of the molecule is CCOC(C(N)c1cc(C)cc(C)c1)C(C)(C)C. The molecule has 2 N–H and O–H groups in total. The Labute approximate surface area is 112 Å². The molecule has 0 fully saturated rings. The van der Waals surface area contributed by atoms with Gasteiger partial charge in [0, 0.05) is 6.61 Å². The molecule has 2 heteroatoms. The van der Waals surface area contributed by atoms with E-state index < -0.39 is 0 Å². The van der Waals surface area contributed by atoms with E-state index in [0.717, 1.165) is 0 Å². The van der Waals surface area contributed by atoms with Crippen molar-refractivity contribution >= 4 is 0 Å². The minimum atomic E-state index is -0.0800. The van der Waals surface area contributed by atoms with E-state index in [1.54, 1.807) is 0 Å². The Balaban J connectivity index is 3.05. The Morgan fingerprint density at radius 1 is 1.11 bits per heavy atom. The Morgan fingerprint density at radius 3 is 2.00 bits per heavy atom. The number of hydrogen-bond donors (Lipinski definition) is 1. The molecule has 0 spiro atoms. The highest BCUT2D eigenvalue weighted by atomic mass is 16.5. The predicted molar refractivity (Wildman–Crippen MR) is 77.7 cm³/mol. The van der Waals surface area contributed by atoms with Gasteiger partial charge in [-0.25, -0.2) is 0 Å². The predicted octanol–water partition coefficient (Wildman–Crippen LogP) is 3.75. The first-order valence-corrected chi connectivity index (χ1v) is 6.71. The van der Waals surface area contributed by atoms with Gasteiger partial charge in [-0.15, -0.1) is 0 Å². The van der Waals surface area contributed by atoms with Gasteiger partial charge in [0.15, 0.2) is 0 Å². The van der Waals surface area contributed by atoms with E-state index in [-0.39, 0.29) is 17.6 Å². The lowest BCUT2D eigenvalue weighted by molar-refractivity contribution is -0.0283. The molecule has 0 aliphatic carbocycles. The summed E-state index contributed by atoms with van der Waals surface area (Å²) >= 11 is 0. The van der Waals surface area contributed by atoms with E-state index >= 15 is 0 Å². The second-order valence-electron chi connectivity index (χ2n) is 6.19. The van der Waals surface area contributed by atoms with Gasteiger partial charge in [-0.05, 0) is 31.7 Å². The molecule has 1 aromatic rings. The number of benzene rings is 1. The third-order valence-electron chi connectivity index (χ3n) is 3.15. The fourth-order valence-corrected chi connectivity index (χ4v) is 2.45. The normalized spacial score (nSPS) is 15.5. The Morgan fingerprint density at radius 2 is 1.61 bits per heavy atom. The average Bonchev–Trinajstić information content (AvgIpc) is 2.22. The molecule has 0 heterocycles. The molecule has 0 saturated heterocycles. The van der Waals surface area contributed by atoms with Gasteiger partial charge in [-0.3, -0.25) is 0 Å². The van der Waals surface area contributed by atoms with Crippen LogP contribution in [-0.2, 0) is 4.74 Å². The maximum Gasteiger partial charge on any atom is 0.0815 e. The number of hydrogen-bond acceptors (Lipinski definition) is 2. The zero-order chi connectivity index (χ0) is 13.9. The molecule has 2 atom stereocenters. The highest BCUT2D eigenvalue weighted by molar-refractivity contribution is 5.31. The summed E-state index contributed by atoms with van der Waals surface area (Å²) in [5, 5.41) is 0. The van der Waals surface area contributed by atoms with E-state index in [0.29, 0.717) is 6.61 Å². The van der Waals surface area contributed by atoms with Crippen molar-refractivity contribution in [2.75, 3.05) is 6.61 Å². The number of rotatable bonds is 4. The number of nitrogens with two attached hydrogens (primary N) is 1. The second-order valence-corrected chi connectivity index (χ2v) is 6.19. The summed E-state index contributed by atoms with van der Waals surface area (Å²) in [6.45, 7) is 13.5. The topological polar surface area (TPSA) is 35.2 Å². The zero-order valence-corrected chi connectivity index (χ0v) is 12.6. The summed E-state index contributed by atoms with van der Waals surface area (Å²) in [4.78, 5) is 0. The first-order valence-electron chi connectivity index (χ1n) is 6.71. The van der Waals surface area contributed by atoms with Gasteiger partial charge < -0.3 is 10.5 Å². The zero-order valence-electron chi connectivity index (χ0n) is 12.6. The van der Waals surface area contributed by atoms with Crippen molar-refractivity contribution in [3.8, 4) is 0 Å². The monoisotopic (exact) mass is 249 g/mol. The molecule has 0 bridgehead atoms. The standard InChI is InChI=1S/C16H27NO/c1-7-18-15(16(4,5)6)14(17)13-9-11(2)8-12(3)10-13/h8-10,14-15H,7,17H2,1-6H3. The number of aryl methyl sites for hydroxylation is 2. The molecular formula is C16H27NO. The fraction of sp³-hybridized carbons (Fsp3) is 0.625. The third-order valence-corrected chi connectivity index (χ3v) is 3.15. The minimum absolute atomic E-state index is 0.0312. The van der Waals surface area contributed by atoms with Crippen LogP contribution in [0, 0.1) is 19.3 Å². The minimum Gasteiger partial charge on any atom is -0.376 e. The van der Waals surface area contributed by atoms with Crippen molar-refractivity contribution in [1.82, 2.24) is 0 Å². The van der Waals surface area contributed by atoms with Crippen molar-refractivity contribution in [3.63, 3.8) is 0 Å². The fourth-order valence-electron chi connectivity index (χ4n) is 2.45. The van der Waals surface area contributed by atoms with Crippen molar-refractivity contribution in [2.45, 2.75) is 53.7 Å². The summed E-state index contributed by atoms with van der Waals surface area (Å²) in [6, 6.07) is 6.41. The first kappa shape index (κ1) is 15.2. The second kappa shape index (κ2) is 5.85. The van der Waals surface area contributed by atoms with Crippen molar-refractivity contribution in [2.24, 2.45) is 11.1 Å². The van der Waals surface area contributed by atoms with Crippen LogP contribution >= 0.6 is 0 Å². The molecule has 0 radical (unpaired) electrons. The van der Waals surface area contributed by atoms with E-state index in [9.17, 15) is 0 Å². The lowest BCUT2D eigenvalue weighted by Gasteiger charge is -2.35. The van der Waals surface area contributed by atoms with Gasteiger partial charge in [0.25, 0.3) is 0 Å². The highest BCUT2D eigenvalue weighted by Gasteiger charge is 2.31. The first-order chi connectivity index (χ1) is 8.25. The van der Waals surface area contributed by atoms with Crippen molar-refractivity contribution in [3.05, 3.63) is 34.9 Å². The van der Waals surface area contributed by atoms with Crippen molar-refractivity contribution < 1.29 is 4.74 Å². The van der Waals surface area contributed by atoms with Crippen LogP contribution in [0.15, 0.2) is 18.2 Å². The molecule has 1 aromatic carbocycles. The van der Waals surface area contributed by atoms with Gasteiger partial charge in [0.1, 0.15) is 0 Å². The molecule has 0 aromatic heterocycles. The molecule has 2 nitrogen and oxygen atoms in total. The lowest BCUT2D eigenvalue weighted by atomic mass is 9.82. The molecule has 1 rings (SSSR count). The van der Waals surface area contributed by atoms with Gasteiger partial charge in [-0.2, -0.15) is 0 Å².